The third kappa shape index (κ3) is 6.75. The Hall–Kier alpha value is -3.53. The van der Waals surface area contributed by atoms with Gasteiger partial charge >= 0.3 is 6.03 Å². The number of aliphatic hydroxyl groups excluding tert-OH is 1. The second kappa shape index (κ2) is 12.8. The number of nitrogens with zero attached hydrogens (tertiary/aromatic N) is 3. The molecule has 42 heavy (non-hydrogen) atoms. The minimum Gasteiger partial charge on any atom is -0.388 e. The van der Waals surface area contributed by atoms with Gasteiger partial charge in [0.05, 0.1) is 16.2 Å². The molecule has 1 aliphatic rings. The van der Waals surface area contributed by atoms with Gasteiger partial charge in [-0.1, -0.05) is 11.6 Å². The number of thiophene rings is 1. The fourth-order valence-corrected chi connectivity index (χ4v) is 7.15. The smallest absolute Gasteiger partial charge is 0.333 e. The molecule has 222 valence electrons. The molecule has 5 N–H and O–H groups in total. The van der Waals surface area contributed by atoms with E-state index in [0.29, 0.717) is 22.9 Å². The Morgan fingerprint density at radius 3 is 2.55 bits per heavy atom. The van der Waals surface area contributed by atoms with Crippen LogP contribution in [0.15, 0.2) is 63.9 Å². The first-order valence-electron chi connectivity index (χ1n) is 13.2. The highest BCUT2D eigenvalue weighted by Crippen LogP contribution is 2.26. The number of urea groups is 1. The van der Waals surface area contributed by atoms with Crippen molar-refractivity contribution in [3.05, 3.63) is 75.1 Å². The summed E-state index contributed by atoms with van der Waals surface area (Å²) < 4.78 is 28.2. The summed E-state index contributed by atoms with van der Waals surface area (Å²) in [5.74, 6) is 0.247. The second-order valence-corrected chi connectivity index (χ2v) is 13.3. The van der Waals surface area contributed by atoms with Crippen LogP contribution in [0.2, 0.25) is 4.34 Å². The van der Waals surface area contributed by atoms with Crippen molar-refractivity contribution in [2.24, 2.45) is 0 Å². The summed E-state index contributed by atoms with van der Waals surface area (Å²) >= 11 is 6.62. The molecule has 4 aromatic rings. The predicted molar refractivity (Wildman–Crippen MR) is 164 cm³/mol. The van der Waals surface area contributed by atoms with Crippen LogP contribution in [-0.2, 0) is 10.0 Å². The van der Waals surface area contributed by atoms with E-state index in [1.54, 1.807) is 25.4 Å². The van der Waals surface area contributed by atoms with Crippen molar-refractivity contribution in [2.75, 3.05) is 43.9 Å². The van der Waals surface area contributed by atoms with E-state index in [0.717, 1.165) is 36.7 Å². The lowest BCUT2D eigenvalue weighted by molar-refractivity contribution is 0.135. The molecule has 0 spiro atoms. The molecular weight excluding hydrogens is 602 g/mol. The molecule has 1 atom stereocenters. The highest BCUT2D eigenvalue weighted by molar-refractivity contribution is 7.92. The van der Waals surface area contributed by atoms with Crippen LogP contribution in [0.5, 0.6) is 0 Å². The number of likely N-dealkylation sites (tertiary alicyclic amines) is 1. The van der Waals surface area contributed by atoms with Crippen LogP contribution in [0.1, 0.15) is 24.6 Å². The summed E-state index contributed by atoms with van der Waals surface area (Å²) in [6.07, 6.45) is 4.17. The number of rotatable bonds is 10. The van der Waals surface area contributed by atoms with Crippen molar-refractivity contribution in [1.82, 2.24) is 24.5 Å². The number of pyridine rings is 2. The van der Waals surface area contributed by atoms with Gasteiger partial charge in [0.15, 0.2) is 0 Å². The Labute approximate surface area is 251 Å². The Morgan fingerprint density at radius 1 is 1.12 bits per heavy atom. The minimum absolute atomic E-state index is 0.0998. The van der Waals surface area contributed by atoms with Crippen molar-refractivity contribution in [3.8, 4) is 5.82 Å². The van der Waals surface area contributed by atoms with Crippen LogP contribution in [0.3, 0.4) is 0 Å². The third-order valence-electron chi connectivity index (χ3n) is 6.89. The highest BCUT2D eigenvalue weighted by Gasteiger charge is 2.21. The third-order valence-corrected chi connectivity index (χ3v) is 9.94. The number of carbonyl (C=O) groups excluding carboxylic acids is 1. The summed E-state index contributed by atoms with van der Waals surface area (Å²) in [6, 6.07) is 10.0. The van der Waals surface area contributed by atoms with Gasteiger partial charge in [-0.2, -0.15) is 0 Å². The number of benzene rings is 1. The van der Waals surface area contributed by atoms with E-state index < -0.39 is 22.3 Å². The van der Waals surface area contributed by atoms with Crippen LogP contribution < -0.4 is 26.2 Å². The number of anilines is 2. The molecule has 1 unspecified atom stereocenters. The van der Waals surface area contributed by atoms with Crippen molar-refractivity contribution in [1.29, 1.82) is 0 Å². The van der Waals surface area contributed by atoms with E-state index in [4.69, 9.17) is 11.6 Å². The predicted octanol–water partition coefficient (Wildman–Crippen LogP) is 3.33. The largest absolute Gasteiger partial charge is 0.388 e. The number of aliphatic hydroxyl groups is 1. The second-order valence-electron chi connectivity index (χ2n) is 9.70. The van der Waals surface area contributed by atoms with Gasteiger partial charge in [0.25, 0.3) is 15.6 Å². The Morgan fingerprint density at radius 2 is 1.88 bits per heavy atom. The highest BCUT2D eigenvalue weighted by atomic mass is 35.5. The zero-order chi connectivity index (χ0) is 29.9. The fourth-order valence-electron chi connectivity index (χ4n) is 4.76. The summed E-state index contributed by atoms with van der Waals surface area (Å²) in [7, 11) is -2.32. The van der Waals surface area contributed by atoms with Gasteiger partial charge in [0.2, 0.25) is 0 Å². The van der Waals surface area contributed by atoms with E-state index in [9.17, 15) is 23.1 Å². The normalized spacial score (nSPS) is 14.6. The molecule has 1 saturated heterocycles. The first-order chi connectivity index (χ1) is 20.1. The van der Waals surface area contributed by atoms with Gasteiger partial charge in [0.1, 0.15) is 16.3 Å². The van der Waals surface area contributed by atoms with Gasteiger partial charge in [0, 0.05) is 43.0 Å². The molecule has 0 radical (unpaired) electrons. The molecule has 12 nitrogen and oxygen atoms in total. The van der Waals surface area contributed by atoms with E-state index in [2.05, 4.69) is 25.8 Å². The van der Waals surface area contributed by atoms with E-state index >= 15 is 0 Å². The monoisotopic (exact) mass is 631 g/mol. The SMILES string of the molecule is CNc1ccc2c(=O)n(-c3ccc(NC(=O)NS(=O)(=O)c4ccc(Cl)s4)cn3)cc(C(O)NCCN3CCCC3)c2c1. The van der Waals surface area contributed by atoms with Crippen molar-refractivity contribution in [3.63, 3.8) is 0 Å². The number of aromatic nitrogens is 2. The number of nitrogens with one attached hydrogen (secondary N) is 4. The maximum atomic E-state index is 13.5. The molecular formula is C27H30ClN7O5S2. The standard InChI is InChI=1S/C27H30ClN7O5S2/c1-29-17-4-6-19-20(14-17)21(25(36)30-10-13-34-11-2-3-12-34)16-35(26(19)37)23-8-5-18(15-31-23)32-27(38)33-42(39,40)24-9-7-22(28)41-24/h4-9,14-16,25,29-30,36H,2-3,10-13H2,1H3,(H2,32,33,38). The van der Waals surface area contributed by atoms with Crippen LogP contribution in [0, 0.1) is 0 Å². The topological polar surface area (TPSA) is 158 Å². The summed E-state index contributed by atoms with van der Waals surface area (Å²) in [6.45, 7) is 3.48. The Bertz CT molecular complexity index is 1750. The number of amides is 2. The van der Waals surface area contributed by atoms with Crippen LogP contribution in [0.4, 0.5) is 16.2 Å². The van der Waals surface area contributed by atoms with E-state index in [-0.39, 0.29) is 25.6 Å². The van der Waals surface area contributed by atoms with Crippen LogP contribution in [0.25, 0.3) is 16.6 Å². The molecule has 0 aliphatic carbocycles. The summed E-state index contributed by atoms with van der Waals surface area (Å²) in [5, 5.41) is 20.8. The van der Waals surface area contributed by atoms with Gasteiger partial charge < -0.3 is 20.6 Å². The lowest BCUT2D eigenvalue weighted by atomic mass is 10.0. The summed E-state index contributed by atoms with van der Waals surface area (Å²) in [4.78, 5) is 32.5. The number of sulfonamides is 1. The molecule has 2 amide bonds. The molecule has 5 rings (SSSR count). The zero-order valence-electron chi connectivity index (χ0n) is 22.6. The molecule has 1 aliphatic heterocycles. The van der Waals surface area contributed by atoms with Crippen LogP contribution in [-0.4, -0.2) is 67.2 Å². The number of hydrogen-bond acceptors (Lipinski definition) is 10. The molecule has 4 heterocycles. The molecule has 15 heteroatoms. The van der Waals surface area contributed by atoms with Gasteiger partial charge in [-0.3, -0.25) is 14.7 Å². The minimum atomic E-state index is -4.10. The lowest BCUT2D eigenvalue weighted by Gasteiger charge is -2.20. The quantitative estimate of drug-likeness (QED) is 0.166. The molecule has 0 bridgehead atoms. The molecule has 1 fully saturated rings. The number of fused-ring (bicyclic) bond motifs is 1. The van der Waals surface area contributed by atoms with E-state index in [1.807, 2.05) is 10.8 Å². The molecule has 0 saturated carbocycles. The van der Waals surface area contributed by atoms with Gasteiger partial charge in [-0.05, 0) is 73.8 Å². The Balaban J connectivity index is 1.37. The fraction of sp³-hybridized carbons (Fsp3) is 0.296. The first-order valence-corrected chi connectivity index (χ1v) is 15.9. The van der Waals surface area contributed by atoms with Crippen molar-refractivity contribution >= 4 is 61.1 Å². The maximum absolute atomic E-state index is 13.5. The Kier molecular flexibility index (Phi) is 9.11. The van der Waals surface area contributed by atoms with Crippen molar-refractivity contribution < 1.29 is 18.3 Å². The maximum Gasteiger partial charge on any atom is 0.333 e. The van der Waals surface area contributed by atoms with Gasteiger partial charge in [-0.25, -0.2) is 22.9 Å². The molecule has 3 aromatic heterocycles. The zero-order valence-corrected chi connectivity index (χ0v) is 25.0. The summed E-state index contributed by atoms with van der Waals surface area (Å²) in [5.41, 5.74) is 1.16. The van der Waals surface area contributed by atoms with Gasteiger partial charge in [-0.15, -0.1) is 11.3 Å². The first kappa shape index (κ1) is 29.9. The lowest BCUT2D eigenvalue weighted by Crippen LogP contribution is -2.34. The van der Waals surface area contributed by atoms with Crippen LogP contribution >= 0.6 is 22.9 Å². The number of halogens is 1. The molecule has 1 aromatic carbocycles. The number of carbonyl (C=O) groups is 1. The average Bonchev–Trinajstić information content (AvgIpc) is 3.65. The van der Waals surface area contributed by atoms with E-state index in [1.165, 1.54) is 47.9 Å². The number of hydrogen-bond donors (Lipinski definition) is 5. The average molecular weight is 632 g/mol. The van der Waals surface area contributed by atoms with Crippen molar-refractivity contribution in [2.45, 2.75) is 23.3 Å².